The molecule has 2 heterocycles. The maximum absolute atomic E-state index is 13.9. The second-order valence-corrected chi connectivity index (χ2v) is 8.69. The van der Waals surface area contributed by atoms with E-state index in [2.05, 4.69) is 20.9 Å². The molecule has 27 heavy (non-hydrogen) atoms. The predicted molar refractivity (Wildman–Crippen MR) is 92.2 cm³/mol. The molecule has 0 aliphatic rings. The Morgan fingerprint density at radius 2 is 1.89 bits per heavy atom. The lowest BCUT2D eigenvalue weighted by Crippen LogP contribution is -2.13. The number of hydrogen-bond donors (Lipinski definition) is 3. The number of aromatic amines is 1. The molecule has 2 aromatic heterocycles. The number of H-pyrrole nitrogens is 1. The monoisotopic (exact) mass is 488 g/mol. The first-order valence-corrected chi connectivity index (χ1v) is 9.54. The van der Waals surface area contributed by atoms with Crippen molar-refractivity contribution in [1.29, 1.82) is 0 Å². The average Bonchev–Trinajstić information content (AvgIpc) is 3.05. The number of carboxylic acid groups (broad SMARTS) is 1. The molecule has 0 spiro atoms. The van der Waals surface area contributed by atoms with E-state index in [4.69, 9.17) is 0 Å². The Morgan fingerprint density at radius 1 is 1.22 bits per heavy atom. The fourth-order valence-corrected chi connectivity index (χ4v) is 4.98. The molecule has 0 saturated carbocycles. The van der Waals surface area contributed by atoms with Gasteiger partial charge in [0.25, 0.3) is 0 Å². The van der Waals surface area contributed by atoms with Crippen molar-refractivity contribution in [2.45, 2.75) is 11.1 Å². The Morgan fingerprint density at radius 3 is 2.48 bits per heavy atom. The van der Waals surface area contributed by atoms with E-state index in [1.165, 1.54) is 6.07 Å². The molecule has 3 N–H and O–H groups in total. The van der Waals surface area contributed by atoms with Crippen LogP contribution in [-0.4, -0.2) is 20.3 Å². The minimum absolute atomic E-state index is 0.0686. The number of carboxylic acids is 1. The lowest BCUT2D eigenvalue weighted by molar-refractivity contribution is -0.140. The van der Waals surface area contributed by atoms with Crippen molar-refractivity contribution >= 4 is 60.1 Å². The van der Waals surface area contributed by atoms with Crippen LogP contribution in [0.5, 0.6) is 0 Å². The molecular formula is C14H6BrF5N2O3S2. The number of fused-ring (bicyclic) bond motifs is 1. The van der Waals surface area contributed by atoms with Gasteiger partial charge in [0.05, 0.1) is 15.0 Å². The number of halogens is 6. The molecule has 0 aliphatic heterocycles. The summed E-state index contributed by atoms with van der Waals surface area (Å²) in [5.74, 6) is -4.70. The summed E-state index contributed by atoms with van der Waals surface area (Å²) in [6.07, 6.45) is -5.10. The van der Waals surface area contributed by atoms with Crippen LogP contribution in [0, 0.1) is 11.6 Å². The number of aromatic nitrogens is 1. The number of nitrogens with one attached hydrogen (secondary N) is 2. The van der Waals surface area contributed by atoms with Gasteiger partial charge in [-0.1, -0.05) is 0 Å². The third-order valence-electron chi connectivity index (χ3n) is 3.38. The summed E-state index contributed by atoms with van der Waals surface area (Å²) < 4.78 is 80.6. The zero-order valence-corrected chi connectivity index (χ0v) is 15.8. The van der Waals surface area contributed by atoms with Crippen molar-refractivity contribution in [3.05, 3.63) is 44.9 Å². The zero-order chi connectivity index (χ0) is 20.1. The number of anilines is 1. The highest BCUT2D eigenvalue weighted by Crippen LogP contribution is 2.37. The number of rotatable bonds is 4. The Hall–Kier alpha value is -1.99. The van der Waals surface area contributed by atoms with Crippen LogP contribution < -0.4 is 4.72 Å². The van der Waals surface area contributed by atoms with Crippen LogP contribution in [0.4, 0.5) is 27.6 Å². The molecule has 1 unspecified atom stereocenters. The first-order chi connectivity index (χ1) is 12.5. The fourth-order valence-electron chi connectivity index (χ4n) is 2.26. The van der Waals surface area contributed by atoms with Gasteiger partial charge in [-0.15, -0.1) is 11.3 Å². The maximum Gasteiger partial charge on any atom is 0.419 e. The van der Waals surface area contributed by atoms with Gasteiger partial charge in [0.15, 0.2) is 11.0 Å². The number of hydrogen-bond acceptors (Lipinski definition) is 3. The normalized spacial score (nSPS) is 13.1. The van der Waals surface area contributed by atoms with Crippen LogP contribution >= 0.6 is 27.3 Å². The Bertz CT molecular complexity index is 1090. The van der Waals surface area contributed by atoms with Gasteiger partial charge in [0.1, 0.15) is 27.1 Å². The molecule has 13 heteroatoms. The lowest BCUT2D eigenvalue weighted by atomic mass is 10.2. The molecule has 0 bridgehead atoms. The van der Waals surface area contributed by atoms with Gasteiger partial charge in [-0.2, -0.15) is 13.2 Å². The average molecular weight is 489 g/mol. The van der Waals surface area contributed by atoms with Gasteiger partial charge in [0.2, 0.25) is 0 Å². The number of alkyl halides is 3. The lowest BCUT2D eigenvalue weighted by Gasteiger charge is -2.12. The van der Waals surface area contributed by atoms with E-state index < -0.39 is 51.7 Å². The first-order valence-electron chi connectivity index (χ1n) is 6.78. The summed E-state index contributed by atoms with van der Waals surface area (Å²) in [6.45, 7) is 0. The van der Waals surface area contributed by atoms with Crippen LogP contribution in [0.25, 0.3) is 10.2 Å². The molecule has 0 fully saturated rings. The molecule has 0 aliphatic carbocycles. The van der Waals surface area contributed by atoms with E-state index in [1.54, 1.807) is 0 Å². The topological polar surface area (TPSA) is 82.2 Å². The second kappa shape index (κ2) is 6.87. The highest BCUT2D eigenvalue weighted by molar-refractivity contribution is 9.11. The van der Waals surface area contributed by atoms with E-state index in [-0.39, 0.29) is 22.4 Å². The summed E-state index contributed by atoms with van der Waals surface area (Å²) in [5, 5.41) is 9.49. The SMILES string of the molecule is O=C(O)c1[nH]c2sc(Br)cc2c1S(=O)Nc1cc(F)c(C(F)(F)F)cc1F. The Balaban J connectivity index is 2.04. The van der Waals surface area contributed by atoms with Gasteiger partial charge in [-0.25, -0.2) is 17.8 Å². The van der Waals surface area contributed by atoms with Crippen LogP contribution in [0.1, 0.15) is 16.1 Å². The number of thiophene rings is 1. The van der Waals surface area contributed by atoms with E-state index in [0.717, 1.165) is 11.3 Å². The molecule has 0 saturated heterocycles. The zero-order valence-electron chi connectivity index (χ0n) is 12.6. The van der Waals surface area contributed by atoms with Crippen LogP contribution in [0.15, 0.2) is 26.9 Å². The van der Waals surface area contributed by atoms with Gasteiger partial charge in [-0.3, -0.25) is 4.72 Å². The van der Waals surface area contributed by atoms with E-state index in [0.29, 0.717) is 8.62 Å². The minimum Gasteiger partial charge on any atom is -0.477 e. The molecule has 1 aromatic carbocycles. The highest BCUT2D eigenvalue weighted by Gasteiger charge is 2.35. The van der Waals surface area contributed by atoms with Crippen molar-refractivity contribution in [2.24, 2.45) is 0 Å². The number of aromatic carboxylic acids is 1. The van der Waals surface area contributed by atoms with E-state index in [9.17, 15) is 36.1 Å². The molecule has 0 amide bonds. The van der Waals surface area contributed by atoms with Gasteiger partial charge >= 0.3 is 12.1 Å². The predicted octanol–water partition coefficient (Wildman–Crippen LogP) is 5.12. The summed E-state index contributed by atoms with van der Waals surface area (Å²) in [4.78, 5) is 14.0. The van der Waals surface area contributed by atoms with Crippen molar-refractivity contribution in [1.82, 2.24) is 4.98 Å². The van der Waals surface area contributed by atoms with Crippen LogP contribution in [-0.2, 0) is 17.2 Å². The standard InChI is InChI=1S/C14H6BrF5N2O3S2/c15-9-1-4-11(10(13(23)24)21-12(4)26-9)27(25)22-8-3-6(16)5(2-7(8)17)14(18,19)20/h1-3,21-22H,(H,23,24). The minimum atomic E-state index is -5.10. The second-order valence-electron chi connectivity index (χ2n) is 5.11. The molecule has 144 valence electrons. The largest absolute Gasteiger partial charge is 0.477 e. The Kier molecular flexibility index (Phi) is 5.03. The summed E-state index contributed by atoms with van der Waals surface area (Å²) in [5.41, 5.74) is -3.06. The fraction of sp³-hybridized carbons (Fsp3) is 0.0714. The highest BCUT2D eigenvalue weighted by atomic mass is 79.9. The Labute approximate surface area is 161 Å². The third-order valence-corrected chi connectivity index (χ3v) is 6.13. The van der Waals surface area contributed by atoms with Crippen molar-refractivity contribution in [3.63, 3.8) is 0 Å². The summed E-state index contributed by atoms with van der Waals surface area (Å²) in [6, 6.07) is 1.62. The number of carbonyl (C=O) groups is 1. The van der Waals surface area contributed by atoms with Gasteiger partial charge in [0, 0.05) is 11.5 Å². The van der Waals surface area contributed by atoms with Crippen LogP contribution in [0.3, 0.4) is 0 Å². The maximum atomic E-state index is 13.9. The molecule has 3 rings (SSSR count). The van der Waals surface area contributed by atoms with Crippen LogP contribution in [0.2, 0.25) is 0 Å². The molecule has 3 aromatic rings. The third kappa shape index (κ3) is 3.71. The summed E-state index contributed by atoms with van der Waals surface area (Å²) in [7, 11) is -2.41. The molecule has 1 atom stereocenters. The van der Waals surface area contributed by atoms with E-state index in [1.807, 2.05) is 4.72 Å². The van der Waals surface area contributed by atoms with Crippen molar-refractivity contribution in [3.8, 4) is 0 Å². The van der Waals surface area contributed by atoms with Crippen molar-refractivity contribution in [2.75, 3.05) is 4.72 Å². The van der Waals surface area contributed by atoms with E-state index >= 15 is 0 Å². The molecule has 0 radical (unpaired) electrons. The van der Waals surface area contributed by atoms with Gasteiger partial charge < -0.3 is 10.1 Å². The molecule has 5 nitrogen and oxygen atoms in total. The van der Waals surface area contributed by atoms with Crippen molar-refractivity contribution < 1.29 is 36.1 Å². The van der Waals surface area contributed by atoms with Gasteiger partial charge in [-0.05, 0) is 28.1 Å². The first kappa shape index (κ1) is 19.8. The molecular weight excluding hydrogens is 483 g/mol. The summed E-state index contributed by atoms with van der Waals surface area (Å²) >= 11 is 4.29. The smallest absolute Gasteiger partial charge is 0.419 e. The number of benzene rings is 1. The quantitative estimate of drug-likeness (QED) is 0.445.